The van der Waals surface area contributed by atoms with E-state index in [2.05, 4.69) is 5.32 Å². The molecule has 0 aromatic heterocycles. The summed E-state index contributed by atoms with van der Waals surface area (Å²) in [6.45, 7) is 2.78. The summed E-state index contributed by atoms with van der Waals surface area (Å²) in [7, 11) is 1.68. The zero-order valence-electron chi connectivity index (χ0n) is 12.0. The molecule has 0 aliphatic rings. The first-order valence-electron chi connectivity index (χ1n) is 6.78. The van der Waals surface area contributed by atoms with Crippen LogP contribution in [0.25, 0.3) is 0 Å². The molecule has 1 N–H and O–H groups in total. The van der Waals surface area contributed by atoms with Gasteiger partial charge in [-0.3, -0.25) is 9.59 Å². The Morgan fingerprint density at radius 3 is 2.65 bits per heavy atom. The van der Waals surface area contributed by atoms with Crippen LogP contribution in [0.2, 0.25) is 0 Å². The fraction of sp³-hybridized carbons (Fsp3) is 0.467. The summed E-state index contributed by atoms with van der Waals surface area (Å²) in [6.07, 6.45) is 1.71. The van der Waals surface area contributed by atoms with Crippen molar-refractivity contribution in [1.82, 2.24) is 10.2 Å². The van der Waals surface area contributed by atoms with Gasteiger partial charge in [-0.2, -0.15) is 0 Å². The Hall–Kier alpha value is -1.91. The number of rotatable bonds is 7. The molecule has 0 unspecified atom stereocenters. The van der Waals surface area contributed by atoms with E-state index in [1.807, 2.05) is 6.92 Å². The average molecular weight is 280 g/mol. The Balaban J connectivity index is 2.37. The SMILES string of the molecule is CCCCN(C)C(=O)CC(=O)NCc1ccccc1F. The maximum atomic E-state index is 13.3. The number of nitrogens with zero attached hydrogens (tertiary/aromatic N) is 1. The fourth-order valence-electron chi connectivity index (χ4n) is 1.69. The van der Waals surface area contributed by atoms with Gasteiger partial charge in [-0.1, -0.05) is 31.5 Å². The third kappa shape index (κ3) is 5.38. The van der Waals surface area contributed by atoms with Crippen molar-refractivity contribution in [3.05, 3.63) is 35.6 Å². The summed E-state index contributed by atoms with van der Waals surface area (Å²) >= 11 is 0. The number of nitrogens with one attached hydrogen (secondary N) is 1. The third-order valence-electron chi connectivity index (χ3n) is 3.02. The summed E-state index contributed by atoms with van der Waals surface area (Å²) in [4.78, 5) is 24.9. The van der Waals surface area contributed by atoms with E-state index >= 15 is 0 Å². The van der Waals surface area contributed by atoms with Crippen molar-refractivity contribution in [3.63, 3.8) is 0 Å². The van der Waals surface area contributed by atoms with E-state index in [-0.39, 0.29) is 30.6 Å². The highest BCUT2D eigenvalue weighted by molar-refractivity contribution is 5.96. The van der Waals surface area contributed by atoms with Crippen LogP contribution in [0.4, 0.5) is 4.39 Å². The molecule has 1 rings (SSSR count). The van der Waals surface area contributed by atoms with Gasteiger partial charge >= 0.3 is 0 Å². The molecule has 110 valence electrons. The second-order valence-corrected chi connectivity index (χ2v) is 4.71. The summed E-state index contributed by atoms with van der Waals surface area (Å²) in [6, 6.07) is 6.23. The van der Waals surface area contributed by atoms with E-state index in [1.165, 1.54) is 6.07 Å². The second-order valence-electron chi connectivity index (χ2n) is 4.71. The molecule has 20 heavy (non-hydrogen) atoms. The number of carbonyl (C=O) groups excluding carboxylic acids is 2. The van der Waals surface area contributed by atoms with Gasteiger partial charge in [-0.15, -0.1) is 0 Å². The second kappa shape index (κ2) is 8.30. The minimum absolute atomic E-state index is 0.0947. The number of halogens is 1. The highest BCUT2D eigenvalue weighted by Gasteiger charge is 2.13. The third-order valence-corrected chi connectivity index (χ3v) is 3.02. The zero-order valence-corrected chi connectivity index (χ0v) is 12.0. The molecule has 0 saturated carbocycles. The topological polar surface area (TPSA) is 49.4 Å². The lowest BCUT2D eigenvalue weighted by Crippen LogP contribution is -2.33. The molecule has 5 heteroatoms. The number of amides is 2. The summed E-state index contributed by atoms with van der Waals surface area (Å²) in [5, 5.41) is 2.56. The van der Waals surface area contributed by atoms with Gasteiger partial charge in [0.1, 0.15) is 12.2 Å². The monoisotopic (exact) mass is 280 g/mol. The van der Waals surface area contributed by atoms with E-state index in [0.717, 1.165) is 12.8 Å². The lowest BCUT2D eigenvalue weighted by atomic mass is 10.2. The Labute approximate surface area is 119 Å². The molecule has 0 aliphatic heterocycles. The average Bonchev–Trinajstić information content (AvgIpc) is 2.43. The van der Waals surface area contributed by atoms with Crippen LogP contribution in [0.3, 0.4) is 0 Å². The molecule has 0 bridgehead atoms. The summed E-state index contributed by atoms with van der Waals surface area (Å²) in [5.41, 5.74) is 0.410. The first kappa shape index (κ1) is 16.1. The maximum Gasteiger partial charge on any atom is 0.231 e. The Bertz CT molecular complexity index is 463. The maximum absolute atomic E-state index is 13.3. The van der Waals surface area contributed by atoms with Crippen LogP contribution < -0.4 is 5.32 Å². The quantitative estimate of drug-likeness (QED) is 0.778. The zero-order chi connectivity index (χ0) is 15.0. The predicted molar refractivity (Wildman–Crippen MR) is 75.4 cm³/mol. The molecular weight excluding hydrogens is 259 g/mol. The highest BCUT2D eigenvalue weighted by Crippen LogP contribution is 2.05. The lowest BCUT2D eigenvalue weighted by Gasteiger charge is -2.16. The smallest absolute Gasteiger partial charge is 0.231 e. The van der Waals surface area contributed by atoms with Crippen LogP contribution in [0.5, 0.6) is 0 Å². The Kier molecular flexibility index (Phi) is 6.70. The van der Waals surface area contributed by atoms with E-state index in [4.69, 9.17) is 0 Å². The van der Waals surface area contributed by atoms with Crippen LogP contribution in [0.1, 0.15) is 31.7 Å². The number of benzene rings is 1. The van der Waals surface area contributed by atoms with Crippen molar-refractivity contribution < 1.29 is 14.0 Å². The van der Waals surface area contributed by atoms with Crippen molar-refractivity contribution >= 4 is 11.8 Å². The van der Waals surface area contributed by atoms with Gasteiger partial charge in [0.25, 0.3) is 0 Å². The van der Waals surface area contributed by atoms with Crippen LogP contribution in [-0.2, 0) is 16.1 Å². The van der Waals surface area contributed by atoms with E-state index in [0.29, 0.717) is 12.1 Å². The van der Waals surface area contributed by atoms with Crippen molar-refractivity contribution in [2.45, 2.75) is 32.7 Å². The van der Waals surface area contributed by atoms with Crippen LogP contribution in [-0.4, -0.2) is 30.3 Å². The normalized spacial score (nSPS) is 10.2. The minimum atomic E-state index is -0.387. The molecule has 0 spiro atoms. The first-order chi connectivity index (χ1) is 9.54. The van der Waals surface area contributed by atoms with Gasteiger partial charge < -0.3 is 10.2 Å². The molecule has 1 aromatic carbocycles. The Morgan fingerprint density at radius 2 is 2.00 bits per heavy atom. The Morgan fingerprint density at radius 1 is 1.30 bits per heavy atom. The van der Waals surface area contributed by atoms with Gasteiger partial charge in [0, 0.05) is 25.7 Å². The summed E-state index contributed by atoms with van der Waals surface area (Å²) in [5.74, 6) is -0.967. The van der Waals surface area contributed by atoms with E-state index < -0.39 is 0 Å². The highest BCUT2D eigenvalue weighted by atomic mass is 19.1. The molecule has 0 aliphatic carbocycles. The first-order valence-corrected chi connectivity index (χ1v) is 6.78. The van der Waals surface area contributed by atoms with E-state index in [9.17, 15) is 14.0 Å². The minimum Gasteiger partial charge on any atom is -0.351 e. The van der Waals surface area contributed by atoms with Crippen molar-refractivity contribution in [1.29, 1.82) is 0 Å². The standard InChI is InChI=1S/C15H21FN2O2/c1-3-4-9-18(2)15(20)10-14(19)17-11-12-7-5-6-8-13(12)16/h5-8H,3-4,9-11H2,1-2H3,(H,17,19). The van der Waals surface area contributed by atoms with Gasteiger partial charge in [-0.05, 0) is 12.5 Å². The van der Waals surface area contributed by atoms with Gasteiger partial charge in [-0.25, -0.2) is 4.39 Å². The van der Waals surface area contributed by atoms with Crippen molar-refractivity contribution in [3.8, 4) is 0 Å². The molecule has 0 saturated heterocycles. The fourth-order valence-corrected chi connectivity index (χ4v) is 1.69. The van der Waals surface area contributed by atoms with Crippen molar-refractivity contribution in [2.24, 2.45) is 0 Å². The van der Waals surface area contributed by atoms with Crippen LogP contribution in [0, 0.1) is 5.82 Å². The van der Waals surface area contributed by atoms with Crippen LogP contribution >= 0.6 is 0 Å². The largest absolute Gasteiger partial charge is 0.351 e. The molecule has 0 radical (unpaired) electrons. The molecule has 0 fully saturated rings. The molecule has 1 aromatic rings. The van der Waals surface area contributed by atoms with Gasteiger partial charge in [0.2, 0.25) is 11.8 Å². The molecule has 4 nitrogen and oxygen atoms in total. The number of hydrogen-bond donors (Lipinski definition) is 1. The van der Waals surface area contributed by atoms with Crippen LogP contribution in [0.15, 0.2) is 24.3 Å². The van der Waals surface area contributed by atoms with Crippen molar-refractivity contribution in [2.75, 3.05) is 13.6 Å². The molecule has 2 amide bonds. The molecular formula is C15H21FN2O2. The molecule has 0 atom stereocenters. The lowest BCUT2D eigenvalue weighted by molar-refractivity contribution is -0.135. The predicted octanol–water partition coefficient (Wildman–Crippen LogP) is 2.09. The van der Waals surface area contributed by atoms with Gasteiger partial charge in [0.15, 0.2) is 0 Å². The number of unbranched alkanes of at least 4 members (excludes halogenated alkanes) is 1. The summed E-state index contributed by atoms with van der Waals surface area (Å²) < 4.78 is 13.3. The number of hydrogen-bond acceptors (Lipinski definition) is 2. The van der Waals surface area contributed by atoms with E-state index in [1.54, 1.807) is 30.1 Å². The van der Waals surface area contributed by atoms with Gasteiger partial charge in [0.05, 0.1) is 0 Å². The molecule has 0 heterocycles. The number of carbonyl (C=O) groups is 2.